The third kappa shape index (κ3) is 5.12. The number of amides is 2. The number of hydrogen-bond donors (Lipinski definition) is 2. The van der Waals surface area contributed by atoms with Gasteiger partial charge in [-0.2, -0.15) is 5.26 Å². The third-order valence-corrected chi connectivity index (χ3v) is 8.15. The molecule has 0 saturated heterocycles. The summed E-state index contributed by atoms with van der Waals surface area (Å²) in [4.78, 5) is 26.3. The molecule has 1 aliphatic rings. The van der Waals surface area contributed by atoms with Crippen LogP contribution in [0, 0.1) is 11.3 Å². The molecular formula is C23H23ClN6O2S2. The maximum atomic E-state index is 12.6. The molecule has 0 unspecified atom stereocenters. The summed E-state index contributed by atoms with van der Waals surface area (Å²) in [7, 11) is 1.79. The summed E-state index contributed by atoms with van der Waals surface area (Å²) in [6.07, 6.45) is 4.05. The molecule has 0 bridgehead atoms. The number of thiophene rings is 1. The Morgan fingerprint density at radius 2 is 2.06 bits per heavy atom. The summed E-state index contributed by atoms with van der Waals surface area (Å²) in [6.45, 7) is 1.81. The van der Waals surface area contributed by atoms with Crippen molar-refractivity contribution >= 4 is 51.5 Å². The molecule has 11 heteroatoms. The third-order valence-electron chi connectivity index (χ3n) is 5.59. The highest BCUT2D eigenvalue weighted by molar-refractivity contribution is 7.99. The fourth-order valence-corrected chi connectivity index (χ4v) is 6.07. The first-order chi connectivity index (χ1) is 16.4. The van der Waals surface area contributed by atoms with Gasteiger partial charge in [0.2, 0.25) is 5.91 Å². The quantitative estimate of drug-likeness (QED) is 0.449. The van der Waals surface area contributed by atoms with Crippen molar-refractivity contribution in [1.29, 1.82) is 5.26 Å². The second-order valence-corrected chi connectivity index (χ2v) is 10.4. The van der Waals surface area contributed by atoms with Crippen molar-refractivity contribution in [2.75, 3.05) is 11.1 Å². The Balaban J connectivity index is 1.37. The summed E-state index contributed by atoms with van der Waals surface area (Å²) in [5.41, 5.74) is 2.08. The number of halogens is 1. The van der Waals surface area contributed by atoms with Crippen LogP contribution in [0.1, 0.15) is 58.0 Å². The lowest BCUT2D eigenvalue weighted by molar-refractivity contribution is -0.113. The molecule has 4 rings (SSSR count). The van der Waals surface area contributed by atoms with Crippen LogP contribution < -0.4 is 10.6 Å². The molecule has 2 N–H and O–H groups in total. The van der Waals surface area contributed by atoms with Crippen molar-refractivity contribution in [3.05, 3.63) is 56.7 Å². The maximum Gasteiger partial charge on any atom is 0.253 e. The fourth-order valence-electron chi connectivity index (χ4n) is 3.88. The van der Waals surface area contributed by atoms with E-state index in [0.717, 1.165) is 31.2 Å². The van der Waals surface area contributed by atoms with Crippen LogP contribution in [0.25, 0.3) is 0 Å². The van der Waals surface area contributed by atoms with E-state index in [2.05, 4.69) is 26.9 Å². The van der Waals surface area contributed by atoms with Crippen molar-refractivity contribution in [2.24, 2.45) is 7.05 Å². The van der Waals surface area contributed by atoms with E-state index >= 15 is 0 Å². The summed E-state index contributed by atoms with van der Waals surface area (Å²) >= 11 is 8.86. The Morgan fingerprint density at radius 3 is 2.82 bits per heavy atom. The number of nitriles is 1. The van der Waals surface area contributed by atoms with Crippen LogP contribution in [-0.4, -0.2) is 32.3 Å². The minimum Gasteiger partial charge on any atom is -0.342 e. The number of fused-ring (bicyclic) bond motifs is 1. The molecule has 8 nitrogen and oxygen atoms in total. The summed E-state index contributed by atoms with van der Waals surface area (Å²) in [5, 5.41) is 25.3. The largest absolute Gasteiger partial charge is 0.342 e. The van der Waals surface area contributed by atoms with Gasteiger partial charge in [-0.05, 0) is 50.3 Å². The molecule has 1 aromatic carbocycles. The Kier molecular flexibility index (Phi) is 7.56. The van der Waals surface area contributed by atoms with Crippen molar-refractivity contribution in [1.82, 2.24) is 20.1 Å². The monoisotopic (exact) mass is 514 g/mol. The lowest BCUT2D eigenvalue weighted by atomic mass is 9.96. The number of thioether (sulfide) groups is 1. The van der Waals surface area contributed by atoms with Gasteiger partial charge in [-0.25, -0.2) is 0 Å². The number of nitrogens with one attached hydrogen (secondary N) is 2. The molecule has 34 heavy (non-hydrogen) atoms. The van der Waals surface area contributed by atoms with E-state index in [9.17, 15) is 14.9 Å². The smallest absolute Gasteiger partial charge is 0.253 e. The van der Waals surface area contributed by atoms with Crippen molar-refractivity contribution < 1.29 is 9.59 Å². The Bertz CT molecular complexity index is 1280. The predicted octanol–water partition coefficient (Wildman–Crippen LogP) is 4.50. The van der Waals surface area contributed by atoms with E-state index in [1.165, 1.54) is 28.0 Å². The van der Waals surface area contributed by atoms with Crippen molar-refractivity contribution in [3.63, 3.8) is 0 Å². The van der Waals surface area contributed by atoms with Gasteiger partial charge in [-0.15, -0.1) is 21.5 Å². The summed E-state index contributed by atoms with van der Waals surface area (Å²) < 4.78 is 1.75. The number of benzene rings is 1. The molecule has 2 heterocycles. The van der Waals surface area contributed by atoms with E-state index in [1.807, 2.05) is 6.92 Å². The van der Waals surface area contributed by atoms with E-state index in [-0.39, 0.29) is 17.6 Å². The molecular weight excluding hydrogens is 492 g/mol. The lowest BCUT2D eigenvalue weighted by Gasteiger charge is -2.14. The molecule has 1 aliphatic carbocycles. The first-order valence-electron chi connectivity index (χ1n) is 10.8. The number of anilines is 1. The normalized spacial score (nSPS) is 13.6. The van der Waals surface area contributed by atoms with Gasteiger partial charge in [0.15, 0.2) is 11.0 Å². The predicted molar refractivity (Wildman–Crippen MR) is 133 cm³/mol. The second kappa shape index (κ2) is 10.6. The van der Waals surface area contributed by atoms with Gasteiger partial charge in [-0.3, -0.25) is 9.59 Å². The highest BCUT2D eigenvalue weighted by Crippen LogP contribution is 2.37. The number of carbonyl (C=O) groups is 2. The first-order valence-corrected chi connectivity index (χ1v) is 13.0. The van der Waals surface area contributed by atoms with Crippen LogP contribution in [0.3, 0.4) is 0 Å². The number of aryl methyl sites for hydroxylation is 1. The Hall–Kier alpha value is -2.87. The van der Waals surface area contributed by atoms with Gasteiger partial charge < -0.3 is 15.2 Å². The SMILES string of the molecule is C[C@@H](NC(=O)c1ccccc1Cl)c1nnc(SCC(=O)Nc2sc3c(c2C#N)CCCC3)n1C. The number of rotatable bonds is 7. The van der Waals surface area contributed by atoms with Gasteiger partial charge in [0.1, 0.15) is 11.1 Å². The zero-order valence-electron chi connectivity index (χ0n) is 18.7. The van der Waals surface area contributed by atoms with Crippen LogP contribution in [0.5, 0.6) is 0 Å². The van der Waals surface area contributed by atoms with Crippen molar-refractivity contribution in [3.8, 4) is 6.07 Å². The van der Waals surface area contributed by atoms with E-state index in [1.54, 1.807) is 35.9 Å². The zero-order valence-corrected chi connectivity index (χ0v) is 21.1. The average Bonchev–Trinajstić information content (AvgIpc) is 3.37. The van der Waals surface area contributed by atoms with E-state index < -0.39 is 6.04 Å². The number of nitrogens with zero attached hydrogens (tertiary/aromatic N) is 4. The van der Waals surface area contributed by atoms with Crippen LogP contribution in [-0.2, 0) is 24.7 Å². The highest BCUT2D eigenvalue weighted by atomic mass is 35.5. The van der Waals surface area contributed by atoms with E-state index in [4.69, 9.17) is 11.6 Å². The molecule has 2 aromatic heterocycles. The fraction of sp³-hybridized carbons (Fsp3) is 0.348. The van der Waals surface area contributed by atoms with Gasteiger partial charge in [-0.1, -0.05) is 35.5 Å². The van der Waals surface area contributed by atoms with Crippen LogP contribution in [0.15, 0.2) is 29.4 Å². The van der Waals surface area contributed by atoms with Gasteiger partial charge >= 0.3 is 0 Å². The Morgan fingerprint density at radius 1 is 1.29 bits per heavy atom. The molecule has 2 amide bonds. The minimum absolute atomic E-state index is 0.125. The molecule has 0 radical (unpaired) electrons. The van der Waals surface area contributed by atoms with Gasteiger partial charge in [0.05, 0.1) is 27.9 Å². The Labute approximate surface area is 210 Å². The number of carbonyl (C=O) groups excluding carboxylic acids is 2. The molecule has 176 valence electrons. The molecule has 3 aromatic rings. The lowest BCUT2D eigenvalue weighted by Crippen LogP contribution is -2.28. The minimum atomic E-state index is -0.417. The summed E-state index contributed by atoms with van der Waals surface area (Å²) in [5.74, 6) is 0.173. The topological polar surface area (TPSA) is 113 Å². The standard InChI is InChI=1S/C23H23ClN6O2S2/c1-13(26-21(32)15-8-3-5-9-17(15)24)20-28-29-23(30(20)2)33-12-19(31)27-22-16(11-25)14-7-4-6-10-18(14)34-22/h3,5,8-9,13H,4,6-7,10,12H2,1-2H3,(H,26,32)(H,27,31)/t13-/m1/s1. The first kappa shape index (κ1) is 24.3. The number of aromatic nitrogens is 3. The maximum absolute atomic E-state index is 12.6. The molecule has 0 aliphatic heterocycles. The molecule has 0 fully saturated rings. The highest BCUT2D eigenvalue weighted by Gasteiger charge is 2.23. The number of hydrogen-bond acceptors (Lipinski definition) is 7. The van der Waals surface area contributed by atoms with Crippen molar-refractivity contribution in [2.45, 2.75) is 43.8 Å². The van der Waals surface area contributed by atoms with Crippen LogP contribution in [0.2, 0.25) is 5.02 Å². The molecule has 0 spiro atoms. The second-order valence-electron chi connectivity index (χ2n) is 7.94. The van der Waals surface area contributed by atoms with Gasteiger partial charge in [0.25, 0.3) is 5.91 Å². The van der Waals surface area contributed by atoms with E-state index in [0.29, 0.717) is 32.1 Å². The average molecular weight is 515 g/mol. The van der Waals surface area contributed by atoms with Gasteiger partial charge in [0, 0.05) is 11.9 Å². The summed E-state index contributed by atoms with van der Waals surface area (Å²) in [6, 6.07) is 8.67. The van der Waals surface area contributed by atoms with Crippen LogP contribution >= 0.6 is 34.7 Å². The molecule has 0 saturated carbocycles. The van der Waals surface area contributed by atoms with Crippen LogP contribution in [0.4, 0.5) is 5.00 Å². The molecule has 1 atom stereocenters. The zero-order chi connectivity index (χ0) is 24.2.